The third-order valence-electron chi connectivity index (χ3n) is 2.70. The van der Waals surface area contributed by atoms with Crippen LogP contribution in [-0.4, -0.2) is 61.9 Å². The van der Waals surface area contributed by atoms with Crippen molar-refractivity contribution < 1.29 is 9.59 Å². The van der Waals surface area contributed by atoms with E-state index in [4.69, 9.17) is 0 Å². The number of nitrogens with one attached hydrogen (secondary N) is 1. The zero-order chi connectivity index (χ0) is 11.4. The molecular formula is C10H19N3O2. The van der Waals surface area contributed by atoms with Crippen molar-refractivity contribution >= 4 is 11.8 Å². The first kappa shape index (κ1) is 12.0. The summed E-state index contributed by atoms with van der Waals surface area (Å²) in [7, 11) is 5.18. The fourth-order valence-electron chi connectivity index (χ4n) is 1.67. The number of amides is 2. The molecule has 1 N–H and O–H groups in total. The number of likely N-dealkylation sites (N-methyl/N-ethyl adjacent to an activating group) is 2. The van der Waals surface area contributed by atoms with E-state index in [0.717, 1.165) is 12.8 Å². The van der Waals surface area contributed by atoms with Gasteiger partial charge in [0.05, 0.1) is 12.6 Å². The Labute approximate surface area is 90.4 Å². The van der Waals surface area contributed by atoms with Gasteiger partial charge in [-0.1, -0.05) is 0 Å². The van der Waals surface area contributed by atoms with Gasteiger partial charge in [0, 0.05) is 20.6 Å². The number of likely N-dealkylation sites (tertiary alicyclic amines) is 1. The van der Waals surface area contributed by atoms with E-state index in [2.05, 4.69) is 5.32 Å². The van der Waals surface area contributed by atoms with E-state index in [9.17, 15) is 9.59 Å². The van der Waals surface area contributed by atoms with Crippen LogP contribution in [0.5, 0.6) is 0 Å². The van der Waals surface area contributed by atoms with E-state index in [1.54, 1.807) is 26.0 Å². The van der Waals surface area contributed by atoms with Gasteiger partial charge in [0.1, 0.15) is 0 Å². The van der Waals surface area contributed by atoms with Gasteiger partial charge in [-0.25, -0.2) is 0 Å². The maximum absolute atomic E-state index is 11.8. The first-order chi connectivity index (χ1) is 7.06. The molecule has 5 heteroatoms. The predicted molar refractivity (Wildman–Crippen MR) is 57.4 cm³/mol. The van der Waals surface area contributed by atoms with Gasteiger partial charge >= 0.3 is 0 Å². The molecule has 0 aromatic rings. The minimum Gasteiger partial charge on any atom is -0.347 e. The van der Waals surface area contributed by atoms with Crippen LogP contribution >= 0.6 is 0 Å². The maximum atomic E-state index is 11.8. The van der Waals surface area contributed by atoms with Gasteiger partial charge in [-0.2, -0.15) is 0 Å². The smallest absolute Gasteiger partial charge is 0.241 e. The van der Waals surface area contributed by atoms with Gasteiger partial charge < -0.3 is 15.1 Å². The molecule has 1 aliphatic heterocycles. The number of piperidine rings is 1. The molecule has 0 spiro atoms. The lowest BCUT2D eigenvalue weighted by atomic mass is 10.1. The molecule has 1 heterocycles. The van der Waals surface area contributed by atoms with Gasteiger partial charge in [-0.05, 0) is 19.9 Å². The van der Waals surface area contributed by atoms with Crippen LogP contribution in [0.3, 0.4) is 0 Å². The molecular weight excluding hydrogens is 194 g/mol. The van der Waals surface area contributed by atoms with E-state index in [1.807, 2.05) is 0 Å². The average Bonchev–Trinajstić information content (AvgIpc) is 2.21. The second-order valence-electron chi connectivity index (χ2n) is 4.03. The Bertz CT molecular complexity index is 253. The topological polar surface area (TPSA) is 52.7 Å². The molecule has 1 aliphatic rings. The number of hydrogen-bond donors (Lipinski definition) is 1. The molecule has 0 aromatic carbocycles. The molecule has 0 saturated carbocycles. The SMILES string of the molecule is CNC1CCCN(CC(=O)N(C)C)C1=O. The quantitative estimate of drug-likeness (QED) is 0.673. The predicted octanol–water partition coefficient (Wildman–Crippen LogP) is -0.715. The summed E-state index contributed by atoms with van der Waals surface area (Å²) >= 11 is 0. The first-order valence-corrected chi connectivity index (χ1v) is 5.22. The summed E-state index contributed by atoms with van der Waals surface area (Å²) in [6, 6.07) is -0.117. The molecule has 1 fully saturated rings. The standard InChI is InChI=1S/C10H19N3O2/c1-11-8-5-4-6-13(10(8)15)7-9(14)12(2)3/h8,11H,4-7H2,1-3H3. The van der Waals surface area contributed by atoms with Crippen molar-refractivity contribution in [2.75, 3.05) is 34.2 Å². The number of hydrogen-bond acceptors (Lipinski definition) is 3. The fraction of sp³-hybridized carbons (Fsp3) is 0.800. The van der Waals surface area contributed by atoms with E-state index < -0.39 is 0 Å². The Hall–Kier alpha value is -1.10. The second kappa shape index (κ2) is 5.11. The average molecular weight is 213 g/mol. The minimum absolute atomic E-state index is 0.0277. The maximum Gasteiger partial charge on any atom is 0.241 e. The zero-order valence-electron chi connectivity index (χ0n) is 9.62. The highest BCUT2D eigenvalue weighted by Gasteiger charge is 2.28. The fourth-order valence-corrected chi connectivity index (χ4v) is 1.67. The Balaban J connectivity index is 2.54. The molecule has 0 radical (unpaired) electrons. The van der Waals surface area contributed by atoms with Gasteiger partial charge in [0.25, 0.3) is 0 Å². The lowest BCUT2D eigenvalue weighted by Crippen LogP contribution is -2.52. The summed E-state index contributed by atoms with van der Waals surface area (Å²) in [5, 5.41) is 2.97. The van der Waals surface area contributed by atoms with Crippen LogP contribution in [0.15, 0.2) is 0 Å². The summed E-state index contributed by atoms with van der Waals surface area (Å²) in [5.74, 6) is 0.0130. The van der Waals surface area contributed by atoms with Crippen molar-refractivity contribution in [2.45, 2.75) is 18.9 Å². The van der Waals surface area contributed by atoms with Crippen LogP contribution in [0.2, 0.25) is 0 Å². The summed E-state index contributed by atoms with van der Waals surface area (Å²) < 4.78 is 0. The lowest BCUT2D eigenvalue weighted by Gasteiger charge is -2.32. The molecule has 2 amide bonds. The Kier molecular flexibility index (Phi) is 4.08. The van der Waals surface area contributed by atoms with Gasteiger partial charge in [-0.15, -0.1) is 0 Å². The molecule has 0 aromatic heterocycles. The van der Waals surface area contributed by atoms with Crippen molar-refractivity contribution in [1.82, 2.24) is 15.1 Å². The number of rotatable bonds is 3. The van der Waals surface area contributed by atoms with Crippen LogP contribution in [-0.2, 0) is 9.59 Å². The number of carbonyl (C=O) groups excluding carboxylic acids is 2. The Morgan fingerprint density at radius 2 is 2.27 bits per heavy atom. The molecule has 0 aliphatic carbocycles. The summed E-state index contributed by atoms with van der Waals surface area (Å²) in [5.41, 5.74) is 0. The van der Waals surface area contributed by atoms with E-state index in [-0.39, 0.29) is 24.4 Å². The third kappa shape index (κ3) is 2.92. The van der Waals surface area contributed by atoms with Crippen LogP contribution in [0, 0.1) is 0 Å². The van der Waals surface area contributed by atoms with Crippen molar-refractivity contribution in [3.05, 3.63) is 0 Å². The molecule has 1 saturated heterocycles. The zero-order valence-corrected chi connectivity index (χ0v) is 9.62. The van der Waals surface area contributed by atoms with E-state index >= 15 is 0 Å². The van der Waals surface area contributed by atoms with Crippen LogP contribution in [0.25, 0.3) is 0 Å². The van der Waals surface area contributed by atoms with Crippen LogP contribution in [0.1, 0.15) is 12.8 Å². The van der Waals surface area contributed by atoms with Crippen molar-refractivity contribution in [3.8, 4) is 0 Å². The molecule has 1 unspecified atom stereocenters. The minimum atomic E-state index is -0.117. The largest absolute Gasteiger partial charge is 0.347 e. The van der Waals surface area contributed by atoms with Crippen molar-refractivity contribution in [3.63, 3.8) is 0 Å². The van der Waals surface area contributed by atoms with Gasteiger partial charge in [0.2, 0.25) is 11.8 Å². The molecule has 1 rings (SSSR count). The van der Waals surface area contributed by atoms with Gasteiger partial charge in [0.15, 0.2) is 0 Å². The number of carbonyl (C=O) groups is 2. The molecule has 86 valence electrons. The molecule has 5 nitrogen and oxygen atoms in total. The monoisotopic (exact) mass is 213 g/mol. The normalized spacial score (nSPS) is 21.7. The highest BCUT2D eigenvalue weighted by Crippen LogP contribution is 2.11. The van der Waals surface area contributed by atoms with Gasteiger partial charge in [-0.3, -0.25) is 9.59 Å². The molecule has 1 atom stereocenters. The summed E-state index contributed by atoms with van der Waals surface area (Å²) in [6.45, 7) is 0.889. The summed E-state index contributed by atoms with van der Waals surface area (Å²) in [6.07, 6.45) is 1.82. The highest BCUT2D eigenvalue weighted by atomic mass is 16.2. The molecule has 0 bridgehead atoms. The third-order valence-corrected chi connectivity index (χ3v) is 2.70. The van der Waals surface area contributed by atoms with Crippen molar-refractivity contribution in [2.24, 2.45) is 0 Å². The summed E-state index contributed by atoms with van der Waals surface area (Å²) in [4.78, 5) is 26.4. The number of nitrogens with zero attached hydrogens (tertiary/aromatic N) is 2. The Morgan fingerprint density at radius 1 is 1.60 bits per heavy atom. The van der Waals surface area contributed by atoms with E-state index in [1.165, 1.54) is 4.90 Å². The highest BCUT2D eigenvalue weighted by molar-refractivity contribution is 5.87. The lowest BCUT2D eigenvalue weighted by molar-refractivity contribution is -0.142. The van der Waals surface area contributed by atoms with Crippen molar-refractivity contribution in [1.29, 1.82) is 0 Å². The first-order valence-electron chi connectivity index (χ1n) is 5.22. The van der Waals surface area contributed by atoms with Crippen LogP contribution < -0.4 is 5.32 Å². The molecule has 15 heavy (non-hydrogen) atoms. The van der Waals surface area contributed by atoms with Crippen LogP contribution in [0.4, 0.5) is 0 Å². The second-order valence-corrected chi connectivity index (χ2v) is 4.03. The van der Waals surface area contributed by atoms with E-state index in [0.29, 0.717) is 6.54 Å². The Morgan fingerprint density at radius 3 is 2.80 bits per heavy atom.